The van der Waals surface area contributed by atoms with Gasteiger partial charge in [0.15, 0.2) is 0 Å². The predicted octanol–water partition coefficient (Wildman–Crippen LogP) is 3.26. The van der Waals surface area contributed by atoms with Gasteiger partial charge in [-0.15, -0.1) is 0 Å². The van der Waals surface area contributed by atoms with Crippen molar-refractivity contribution >= 4 is 11.6 Å². The first-order valence-corrected chi connectivity index (χ1v) is 8.45. The summed E-state index contributed by atoms with van der Waals surface area (Å²) < 4.78 is 13.2. The lowest BCUT2D eigenvalue weighted by Crippen LogP contribution is -2.32. The van der Waals surface area contributed by atoms with Crippen molar-refractivity contribution in [3.05, 3.63) is 71.5 Å². The van der Waals surface area contributed by atoms with E-state index >= 15 is 0 Å². The highest BCUT2D eigenvalue weighted by molar-refractivity contribution is 5.87. The van der Waals surface area contributed by atoms with Gasteiger partial charge in [-0.25, -0.2) is 4.39 Å². The van der Waals surface area contributed by atoms with Crippen molar-refractivity contribution in [3.63, 3.8) is 0 Å². The minimum atomic E-state index is -0.251. The Morgan fingerprint density at radius 1 is 1.16 bits per heavy atom. The van der Waals surface area contributed by atoms with Crippen LogP contribution < -0.4 is 5.32 Å². The fourth-order valence-corrected chi connectivity index (χ4v) is 2.80. The van der Waals surface area contributed by atoms with E-state index in [1.807, 2.05) is 36.4 Å². The lowest BCUT2D eigenvalue weighted by Gasteiger charge is -2.10. The number of benzene rings is 2. The number of halogens is 1. The molecule has 4 nitrogen and oxygen atoms in total. The average Bonchev–Trinajstić information content (AvgIpc) is 3.06. The van der Waals surface area contributed by atoms with E-state index in [0.29, 0.717) is 25.8 Å². The molecular formula is C20H21FN2O2. The van der Waals surface area contributed by atoms with Gasteiger partial charge in [0.2, 0.25) is 5.91 Å². The number of hydrogen-bond donors (Lipinski definition) is 1. The maximum atomic E-state index is 13.2. The number of amides is 1. The predicted molar refractivity (Wildman–Crippen MR) is 94.8 cm³/mol. The van der Waals surface area contributed by atoms with Crippen LogP contribution >= 0.6 is 0 Å². The molecule has 0 aromatic heterocycles. The van der Waals surface area contributed by atoms with Crippen molar-refractivity contribution in [2.75, 3.05) is 6.54 Å². The molecule has 2 aromatic carbocycles. The van der Waals surface area contributed by atoms with Crippen LogP contribution in [0.15, 0.2) is 59.8 Å². The van der Waals surface area contributed by atoms with Crippen LogP contribution in [0.5, 0.6) is 0 Å². The lowest BCUT2D eigenvalue weighted by molar-refractivity contribution is -0.121. The third-order valence-corrected chi connectivity index (χ3v) is 4.10. The van der Waals surface area contributed by atoms with E-state index in [1.165, 1.54) is 12.1 Å². The number of nitrogens with zero attached hydrogens (tertiary/aromatic N) is 1. The first kappa shape index (κ1) is 17.1. The molecule has 5 heteroatoms. The summed E-state index contributed by atoms with van der Waals surface area (Å²) in [5.74, 6) is -0.245. The Morgan fingerprint density at radius 3 is 2.76 bits per heavy atom. The van der Waals surface area contributed by atoms with Crippen molar-refractivity contribution in [1.29, 1.82) is 0 Å². The van der Waals surface area contributed by atoms with Gasteiger partial charge in [0.1, 0.15) is 11.9 Å². The van der Waals surface area contributed by atoms with Gasteiger partial charge >= 0.3 is 0 Å². The fourth-order valence-electron chi connectivity index (χ4n) is 2.80. The Labute approximate surface area is 146 Å². The van der Waals surface area contributed by atoms with Crippen LogP contribution in [0.4, 0.5) is 4.39 Å². The van der Waals surface area contributed by atoms with E-state index in [4.69, 9.17) is 4.84 Å². The molecule has 130 valence electrons. The van der Waals surface area contributed by atoms with Crippen LogP contribution in [0.1, 0.15) is 24.0 Å². The number of oxime groups is 1. The molecule has 0 saturated heterocycles. The molecule has 2 aromatic rings. The number of rotatable bonds is 7. The van der Waals surface area contributed by atoms with Crippen molar-refractivity contribution < 1.29 is 14.0 Å². The zero-order valence-electron chi connectivity index (χ0n) is 14.0. The molecular weight excluding hydrogens is 319 g/mol. The van der Waals surface area contributed by atoms with Crippen molar-refractivity contribution in [1.82, 2.24) is 5.32 Å². The molecule has 0 unspecified atom stereocenters. The third kappa shape index (κ3) is 5.41. The number of aryl methyl sites for hydroxylation is 1. The van der Waals surface area contributed by atoms with Crippen LogP contribution in [0, 0.1) is 5.82 Å². The molecule has 0 saturated carbocycles. The molecule has 0 radical (unpaired) electrons. The monoisotopic (exact) mass is 340 g/mol. The molecule has 1 aliphatic heterocycles. The average molecular weight is 340 g/mol. The van der Waals surface area contributed by atoms with Crippen LogP contribution in [-0.4, -0.2) is 24.3 Å². The topological polar surface area (TPSA) is 50.7 Å². The molecule has 1 aliphatic rings. The number of carbonyl (C=O) groups excluding carboxylic acids is 1. The highest BCUT2D eigenvalue weighted by Gasteiger charge is 2.21. The highest BCUT2D eigenvalue weighted by Crippen LogP contribution is 2.15. The normalized spacial score (nSPS) is 16.2. The first-order chi connectivity index (χ1) is 12.2. The smallest absolute Gasteiger partial charge is 0.220 e. The van der Waals surface area contributed by atoms with Crippen LogP contribution in [0.2, 0.25) is 0 Å². The Hall–Kier alpha value is -2.69. The van der Waals surface area contributed by atoms with E-state index < -0.39 is 0 Å². The molecule has 1 N–H and O–H groups in total. The standard InChI is InChI=1S/C20H21FN2O2/c21-17-8-4-7-16(11-17)12-18-13-19(25-23-18)14-22-20(24)10-9-15-5-2-1-3-6-15/h1-8,11,19H,9-10,12-14H2,(H,22,24)/t19-/m0/s1. The molecule has 3 rings (SSSR count). The first-order valence-electron chi connectivity index (χ1n) is 8.45. The molecule has 1 amide bonds. The van der Waals surface area contributed by atoms with Gasteiger partial charge in [-0.2, -0.15) is 0 Å². The van der Waals surface area contributed by atoms with E-state index in [-0.39, 0.29) is 17.8 Å². The molecule has 25 heavy (non-hydrogen) atoms. The second kappa shape index (κ2) is 8.42. The molecule has 0 fully saturated rings. The SMILES string of the molecule is O=C(CCc1ccccc1)NC[C@@H]1CC(Cc2cccc(F)c2)=NO1. The summed E-state index contributed by atoms with van der Waals surface area (Å²) >= 11 is 0. The maximum absolute atomic E-state index is 13.2. The van der Waals surface area contributed by atoms with Crippen LogP contribution in [0.3, 0.4) is 0 Å². The summed E-state index contributed by atoms with van der Waals surface area (Å²) in [5.41, 5.74) is 2.89. The Balaban J connectivity index is 1.37. The van der Waals surface area contributed by atoms with Crippen molar-refractivity contribution in [2.24, 2.45) is 5.16 Å². The van der Waals surface area contributed by atoms with Crippen molar-refractivity contribution in [2.45, 2.75) is 31.8 Å². The second-order valence-electron chi connectivity index (χ2n) is 6.19. The largest absolute Gasteiger partial charge is 0.390 e. The summed E-state index contributed by atoms with van der Waals surface area (Å²) in [6.45, 7) is 0.434. The van der Waals surface area contributed by atoms with Crippen molar-refractivity contribution in [3.8, 4) is 0 Å². The molecule has 1 atom stereocenters. The molecule has 0 bridgehead atoms. The number of hydrogen-bond acceptors (Lipinski definition) is 3. The van der Waals surface area contributed by atoms with Gasteiger partial charge in [-0.1, -0.05) is 47.6 Å². The lowest BCUT2D eigenvalue weighted by atomic mass is 10.0. The highest BCUT2D eigenvalue weighted by atomic mass is 19.1. The molecule has 1 heterocycles. The molecule has 0 spiro atoms. The Morgan fingerprint density at radius 2 is 1.96 bits per heavy atom. The quantitative estimate of drug-likeness (QED) is 0.841. The summed E-state index contributed by atoms with van der Waals surface area (Å²) in [6, 6.07) is 16.4. The van der Waals surface area contributed by atoms with Gasteiger partial charge in [-0.3, -0.25) is 4.79 Å². The zero-order chi connectivity index (χ0) is 17.5. The van der Waals surface area contributed by atoms with E-state index in [9.17, 15) is 9.18 Å². The van der Waals surface area contributed by atoms with E-state index in [0.717, 1.165) is 23.3 Å². The number of nitrogens with one attached hydrogen (secondary N) is 1. The van der Waals surface area contributed by atoms with Gasteiger partial charge in [0, 0.05) is 19.3 Å². The zero-order valence-corrected chi connectivity index (χ0v) is 14.0. The fraction of sp³-hybridized carbons (Fsp3) is 0.300. The van der Waals surface area contributed by atoms with E-state index in [1.54, 1.807) is 6.07 Å². The number of carbonyl (C=O) groups is 1. The van der Waals surface area contributed by atoms with E-state index in [2.05, 4.69) is 10.5 Å². The maximum Gasteiger partial charge on any atom is 0.220 e. The minimum Gasteiger partial charge on any atom is -0.390 e. The Kier molecular flexibility index (Phi) is 5.77. The Bertz CT molecular complexity index is 746. The van der Waals surface area contributed by atoms with Crippen LogP contribution in [0.25, 0.3) is 0 Å². The van der Waals surface area contributed by atoms with Gasteiger partial charge in [0.25, 0.3) is 0 Å². The van der Waals surface area contributed by atoms with Gasteiger partial charge in [0.05, 0.1) is 12.3 Å². The summed E-state index contributed by atoms with van der Waals surface area (Å²) in [7, 11) is 0. The summed E-state index contributed by atoms with van der Waals surface area (Å²) in [4.78, 5) is 17.3. The second-order valence-corrected chi connectivity index (χ2v) is 6.19. The summed E-state index contributed by atoms with van der Waals surface area (Å²) in [6.07, 6.45) is 2.24. The summed E-state index contributed by atoms with van der Waals surface area (Å²) in [5, 5.41) is 6.95. The van der Waals surface area contributed by atoms with Gasteiger partial charge < -0.3 is 10.2 Å². The van der Waals surface area contributed by atoms with Crippen LogP contribution in [-0.2, 0) is 22.5 Å². The third-order valence-electron chi connectivity index (χ3n) is 4.10. The van der Waals surface area contributed by atoms with Gasteiger partial charge in [-0.05, 0) is 29.7 Å². The minimum absolute atomic E-state index is 0.00559. The molecule has 0 aliphatic carbocycles.